The van der Waals surface area contributed by atoms with Crippen LogP contribution in [0.5, 0.6) is 0 Å². The standard InChI is InChI=1S/C13H19NO2S/c1-10-5-3-4-6-11(10)9-17-8-7-12(14)13(15)16-2/h3-6,12H,7-9,14H2,1-2H3. The summed E-state index contributed by atoms with van der Waals surface area (Å²) in [5, 5.41) is 0. The largest absolute Gasteiger partial charge is 0.468 e. The topological polar surface area (TPSA) is 52.3 Å². The molecule has 0 fully saturated rings. The van der Waals surface area contributed by atoms with Crippen molar-refractivity contribution < 1.29 is 9.53 Å². The molecule has 94 valence electrons. The summed E-state index contributed by atoms with van der Waals surface area (Å²) >= 11 is 1.79. The fraction of sp³-hybridized carbons (Fsp3) is 0.462. The number of aryl methyl sites for hydroxylation is 1. The third kappa shape index (κ3) is 4.79. The highest BCUT2D eigenvalue weighted by molar-refractivity contribution is 7.98. The van der Waals surface area contributed by atoms with Gasteiger partial charge in [0.1, 0.15) is 6.04 Å². The van der Waals surface area contributed by atoms with Gasteiger partial charge in [-0.1, -0.05) is 24.3 Å². The molecule has 0 aliphatic heterocycles. The molecule has 0 heterocycles. The van der Waals surface area contributed by atoms with Gasteiger partial charge in [0.2, 0.25) is 0 Å². The van der Waals surface area contributed by atoms with Gasteiger partial charge >= 0.3 is 5.97 Å². The molecule has 0 spiro atoms. The van der Waals surface area contributed by atoms with Crippen molar-refractivity contribution in [2.75, 3.05) is 12.9 Å². The zero-order chi connectivity index (χ0) is 12.7. The van der Waals surface area contributed by atoms with E-state index in [1.807, 2.05) is 12.1 Å². The van der Waals surface area contributed by atoms with Gasteiger partial charge in [0.15, 0.2) is 0 Å². The molecule has 1 aromatic rings. The van der Waals surface area contributed by atoms with Crippen molar-refractivity contribution in [3.63, 3.8) is 0 Å². The Hall–Kier alpha value is -1.00. The lowest BCUT2D eigenvalue weighted by Crippen LogP contribution is -2.31. The number of rotatable bonds is 6. The van der Waals surface area contributed by atoms with Crippen LogP contribution in [-0.4, -0.2) is 24.9 Å². The van der Waals surface area contributed by atoms with Gasteiger partial charge < -0.3 is 10.5 Å². The number of methoxy groups -OCH3 is 1. The van der Waals surface area contributed by atoms with Crippen molar-refractivity contribution in [3.8, 4) is 0 Å². The maximum Gasteiger partial charge on any atom is 0.322 e. The lowest BCUT2D eigenvalue weighted by molar-refractivity contribution is -0.142. The van der Waals surface area contributed by atoms with Crippen LogP contribution in [0, 0.1) is 6.92 Å². The summed E-state index contributed by atoms with van der Waals surface area (Å²) in [7, 11) is 1.36. The third-order valence-electron chi connectivity index (χ3n) is 2.60. The van der Waals surface area contributed by atoms with Crippen LogP contribution in [0.4, 0.5) is 0 Å². The second-order valence-electron chi connectivity index (χ2n) is 3.90. The minimum Gasteiger partial charge on any atom is -0.468 e. The maximum atomic E-state index is 11.1. The van der Waals surface area contributed by atoms with E-state index in [9.17, 15) is 4.79 Å². The van der Waals surface area contributed by atoms with E-state index in [1.54, 1.807) is 11.8 Å². The van der Waals surface area contributed by atoms with Gasteiger partial charge in [0, 0.05) is 5.75 Å². The van der Waals surface area contributed by atoms with E-state index in [4.69, 9.17) is 5.73 Å². The molecule has 1 atom stereocenters. The highest BCUT2D eigenvalue weighted by Gasteiger charge is 2.12. The molecule has 2 N–H and O–H groups in total. The Morgan fingerprint density at radius 2 is 2.18 bits per heavy atom. The molecule has 1 rings (SSSR count). The highest BCUT2D eigenvalue weighted by atomic mass is 32.2. The van der Waals surface area contributed by atoms with E-state index >= 15 is 0 Å². The summed E-state index contributed by atoms with van der Waals surface area (Å²) < 4.78 is 4.57. The first-order valence-electron chi connectivity index (χ1n) is 5.61. The first kappa shape index (κ1) is 14.1. The molecule has 0 aliphatic carbocycles. The summed E-state index contributed by atoms with van der Waals surface area (Å²) in [5.74, 6) is 1.49. The molecule has 3 nitrogen and oxygen atoms in total. The molecule has 0 amide bonds. The second kappa shape index (κ2) is 7.35. The second-order valence-corrected chi connectivity index (χ2v) is 5.00. The Morgan fingerprint density at radius 3 is 2.82 bits per heavy atom. The zero-order valence-electron chi connectivity index (χ0n) is 10.3. The Labute approximate surface area is 107 Å². The third-order valence-corrected chi connectivity index (χ3v) is 3.64. The minimum atomic E-state index is -0.496. The fourth-order valence-electron chi connectivity index (χ4n) is 1.43. The van der Waals surface area contributed by atoms with Crippen LogP contribution in [0.15, 0.2) is 24.3 Å². The average Bonchev–Trinajstić information content (AvgIpc) is 2.35. The first-order chi connectivity index (χ1) is 8.15. The zero-order valence-corrected chi connectivity index (χ0v) is 11.1. The van der Waals surface area contributed by atoms with Gasteiger partial charge in [0.25, 0.3) is 0 Å². The number of ether oxygens (including phenoxy) is 1. The normalized spacial score (nSPS) is 12.2. The molecule has 1 unspecified atom stereocenters. The van der Waals surface area contributed by atoms with Crippen molar-refractivity contribution in [1.29, 1.82) is 0 Å². The van der Waals surface area contributed by atoms with E-state index in [2.05, 4.69) is 23.8 Å². The molecule has 0 aliphatic rings. The van der Waals surface area contributed by atoms with Gasteiger partial charge in [0.05, 0.1) is 7.11 Å². The Morgan fingerprint density at radius 1 is 1.47 bits per heavy atom. The molecular weight excluding hydrogens is 234 g/mol. The van der Waals surface area contributed by atoms with Crippen molar-refractivity contribution in [2.45, 2.75) is 25.1 Å². The molecule has 0 saturated heterocycles. The monoisotopic (exact) mass is 253 g/mol. The van der Waals surface area contributed by atoms with E-state index in [0.717, 1.165) is 11.5 Å². The van der Waals surface area contributed by atoms with Crippen LogP contribution in [0.2, 0.25) is 0 Å². The van der Waals surface area contributed by atoms with Crippen molar-refractivity contribution >= 4 is 17.7 Å². The number of carbonyl (C=O) groups is 1. The number of nitrogens with two attached hydrogens (primary N) is 1. The van der Waals surface area contributed by atoms with E-state index in [-0.39, 0.29) is 5.97 Å². The smallest absolute Gasteiger partial charge is 0.322 e. The van der Waals surface area contributed by atoms with Crippen molar-refractivity contribution in [2.24, 2.45) is 5.73 Å². The summed E-state index contributed by atoms with van der Waals surface area (Å²) in [6.07, 6.45) is 0.656. The number of hydrogen-bond donors (Lipinski definition) is 1. The van der Waals surface area contributed by atoms with Gasteiger partial charge in [-0.2, -0.15) is 11.8 Å². The van der Waals surface area contributed by atoms with Crippen molar-refractivity contribution in [1.82, 2.24) is 0 Å². The van der Waals surface area contributed by atoms with Gasteiger partial charge in [-0.25, -0.2) is 0 Å². The van der Waals surface area contributed by atoms with Crippen LogP contribution >= 0.6 is 11.8 Å². The molecular formula is C13H19NO2S. The predicted molar refractivity (Wildman–Crippen MR) is 71.9 cm³/mol. The summed E-state index contributed by atoms with van der Waals surface area (Å²) in [6.45, 7) is 2.11. The number of hydrogen-bond acceptors (Lipinski definition) is 4. The Bertz CT molecular complexity index is 368. The lowest BCUT2D eigenvalue weighted by Gasteiger charge is -2.09. The predicted octanol–water partition coefficient (Wildman–Crippen LogP) is 2.12. The molecule has 17 heavy (non-hydrogen) atoms. The maximum absolute atomic E-state index is 11.1. The number of thioether (sulfide) groups is 1. The first-order valence-corrected chi connectivity index (χ1v) is 6.76. The molecule has 4 heteroatoms. The van der Waals surface area contributed by atoms with E-state index < -0.39 is 6.04 Å². The van der Waals surface area contributed by atoms with E-state index in [1.165, 1.54) is 18.2 Å². The molecule has 0 radical (unpaired) electrons. The lowest BCUT2D eigenvalue weighted by atomic mass is 10.1. The van der Waals surface area contributed by atoms with E-state index in [0.29, 0.717) is 6.42 Å². The molecule has 1 aromatic carbocycles. The molecule has 0 aromatic heterocycles. The fourth-order valence-corrected chi connectivity index (χ4v) is 2.54. The van der Waals surface area contributed by atoms with Gasteiger partial charge in [-0.15, -0.1) is 0 Å². The number of benzene rings is 1. The quantitative estimate of drug-likeness (QED) is 0.623. The number of esters is 1. The SMILES string of the molecule is COC(=O)C(N)CCSCc1ccccc1C. The molecule has 0 bridgehead atoms. The van der Waals surface area contributed by atoms with Crippen molar-refractivity contribution in [3.05, 3.63) is 35.4 Å². The average molecular weight is 253 g/mol. The Balaban J connectivity index is 2.25. The molecule has 0 saturated carbocycles. The van der Waals surface area contributed by atoms with Gasteiger partial charge in [-0.05, 0) is 30.2 Å². The minimum absolute atomic E-state index is 0.332. The number of carbonyl (C=O) groups excluding carboxylic acids is 1. The Kier molecular flexibility index (Phi) is 6.08. The van der Waals surface area contributed by atoms with Crippen LogP contribution < -0.4 is 5.73 Å². The van der Waals surface area contributed by atoms with Gasteiger partial charge in [-0.3, -0.25) is 4.79 Å². The van der Waals surface area contributed by atoms with Crippen LogP contribution in [0.3, 0.4) is 0 Å². The highest BCUT2D eigenvalue weighted by Crippen LogP contribution is 2.16. The van der Waals surface area contributed by atoms with Crippen LogP contribution in [-0.2, 0) is 15.3 Å². The van der Waals surface area contributed by atoms with Crippen LogP contribution in [0.1, 0.15) is 17.5 Å². The summed E-state index contributed by atoms with van der Waals surface area (Å²) in [6, 6.07) is 7.82. The summed E-state index contributed by atoms with van der Waals surface area (Å²) in [5.41, 5.74) is 8.29. The van der Waals surface area contributed by atoms with Crippen LogP contribution in [0.25, 0.3) is 0 Å². The summed E-state index contributed by atoms with van der Waals surface area (Å²) in [4.78, 5) is 11.1.